The lowest BCUT2D eigenvalue weighted by Crippen LogP contribution is -2.33. The van der Waals surface area contributed by atoms with Crippen LogP contribution in [0.2, 0.25) is 0 Å². The lowest BCUT2D eigenvalue weighted by atomic mass is 10.1. The zero-order valence-electron chi connectivity index (χ0n) is 17.5. The summed E-state index contributed by atoms with van der Waals surface area (Å²) in [5, 5.41) is 2.85. The molecule has 30 heavy (non-hydrogen) atoms. The lowest BCUT2D eigenvalue weighted by Gasteiger charge is -2.23. The normalized spacial score (nSPS) is 11.4. The number of carbonyl (C=O) groups excluding carboxylic acids is 2. The van der Waals surface area contributed by atoms with Crippen molar-refractivity contribution in [2.24, 2.45) is 0 Å². The predicted molar refractivity (Wildman–Crippen MR) is 120 cm³/mol. The summed E-state index contributed by atoms with van der Waals surface area (Å²) in [6.07, 6.45) is -0.716. The van der Waals surface area contributed by atoms with E-state index in [-0.39, 0.29) is 11.8 Å². The Kier molecular flexibility index (Phi) is 6.86. The number of hydrogen-bond donors (Lipinski definition) is 1. The maximum absolute atomic E-state index is 13.2. The molecule has 3 rings (SSSR count). The average Bonchev–Trinajstić information content (AvgIpc) is 2.75. The molecule has 1 N–H and O–H groups in total. The van der Waals surface area contributed by atoms with E-state index in [1.807, 2.05) is 68.4 Å². The maximum atomic E-state index is 13.2. The van der Waals surface area contributed by atoms with Gasteiger partial charge in [-0.15, -0.1) is 0 Å². The van der Waals surface area contributed by atoms with Gasteiger partial charge in [0.05, 0.1) is 11.3 Å². The number of para-hydroxylation sites is 2. The molecule has 0 spiro atoms. The zero-order chi connectivity index (χ0) is 21.5. The third kappa shape index (κ3) is 5.06. The van der Waals surface area contributed by atoms with Crippen LogP contribution in [-0.2, 0) is 4.79 Å². The summed E-state index contributed by atoms with van der Waals surface area (Å²) in [6, 6.07) is 24.0. The van der Waals surface area contributed by atoms with Gasteiger partial charge in [0.1, 0.15) is 5.75 Å². The van der Waals surface area contributed by atoms with Crippen LogP contribution < -0.4 is 15.0 Å². The van der Waals surface area contributed by atoms with Crippen LogP contribution in [0.1, 0.15) is 29.8 Å². The Bertz CT molecular complexity index is 1020. The van der Waals surface area contributed by atoms with Gasteiger partial charge in [0.15, 0.2) is 6.10 Å². The summed E-state index contributed by atoms with van der Waals surface area (Å²) >= 11 is 0. The van der Waals surface area contributed by atoms with Crippen molar-refractivity contribution < 1.29 is 14.3 Å². The van der Waals surface area contributed by atoms with Gasteiger partial charge in [0.25, 0.3) is 11.8 Å². The Labute approximate surface area is 177 Å². The van der Waals surface area contributed by atoms with Crippen LogP contribution in [0.5, 0.6) is 5.75 Å². The molecule has 0 aromatic heterocycles. The smallest absolute Gasteiger partial charge is 0.265 e. The molecule has 154 valence electrons. The second kappa shape index (κ2) is 9.74. The maximum Gasteiger partial charge on any atom is 0.265 e. The Morgan fingerprint density at radius 3 is 2.37 bits per heavy atom. The molecule has 0 saturated carbocycles. The van der Waals surface area contributed by atoms with Crippen molar-refractivity contribution in [1.29, 1.82) is 0 Å². The van der Waals surface area contributed by atoms with Crippen molar-refractivity contribution in [2.75, 3.05) is 16.8 Å². The van der Waals surface area contributed by atoms with Crippen LogP contribution >= 0.6 is 0 Å². The second-order valence-electron chi connectivity index (χ2n) is 7.00. The van der Waals surface area contributed by atoms with E-state index >= 15 is 0 Å². The minimum Gasteiger partial charge on any atom is -0.481 e. The first-order valence-corrected chi connectivity index (χ1v) is 9.99. The number of hydrogen-bond acceptors (Lipinski definition) is 3. The van der Waals surface area contributed by atoms with Crippen LogP contribution in [0.4, 0.5) is 11.4 Å². The summed E-state index contributed by atoms with van der Waals surface area (Å²) in [7, 11) is 0. The van der Waals surface area contributed by atoms with Crippen molar-refractivity contribution >= 4 is 23.2 Å². The van der Waals surface area contributed by atoms with Crippen molar-refractivity contribution in [2.45, 2.75) is 26.9 Å². The van der Waals surface area contributed by atoms with Crippen LogP contribution in [0, 0.1) is 6.92 Å². The number of carbonyl (C=O) groups is 2. The van der Waals surface area contributed by atoms with Crippen molar-refractivity contribution in [3.05, 3.63) is 90.0 Å². The van der Waals surface area contributed by atoms with Gasteiger partial charge in [0.2, 0.25) is 0 Å². The van der Waals surface area contributed by atoms with Gasteiger partial charge in [0, 0.05) is 12.2 Å². The molecule has 5 heteroatoms. The molecule has 0 aliphatic rings. The molecule has 0 radical (unpaired) electrons. The summed E-state index contributed by atoms with van der Waals surface area (Å²) in [5.74, 6) is 0.134. The molecule has 1 atom stereocenters. The molecule has 0 saturated heterocycles. The Balaban J connectivity index is 1.77. The van der Waals surface area contributed by atoms with Crippen LogP contribution in [0.3, 0.4) is 0 Å². The first-order valence-electron chi connectivity index (χ1n) is 9.99. The number of aryl methyl sites for hydroxylation is 1. The molecule has 0 bridgehead atoms. The van der Waals surface area contributed by atoms with E-state index < -0.39 is 6.10 Å². The fourth-order valence-electron chi connectivity index (χ4n) is 3.16. The van der Waals surface area contributed by atoms with E-state index in [0.29, 0.717) is 23.5 Å². The van der Waals surface area contributed by atoms with Gasteiger partial charge in [-0.1, -0.05) is 42.5 Å². The monoisotopic (exact) mass is 402 g/mol. The molecule has 0 heterocycles. The molecule has 1 unspecified atom stereocenters. The number of nitrogens with zero attached hydrogens (tertiary/aromatic N) is 1. The van der Waals surface area contributed by atoms with E-state index in [0.717, 1.165) is 11.3 Å². The highest BCUT2D eigenvalue weighted by atomic mass is 16.5. The lowest BCUT2D eigenvalue weighted by molar-refractivity contribution is -0.122. The van der Waals surface area contributed by atoms with Gasteiger partial charge < -0.3 is 15.0 Å². The highest BCUT2D eigenvalue weighted by molar-refractivity contribution is 6.11. The SMILES string of the molecule is CCN(C(=O)c1ccccc1NC(=O)C(C)Oc1cccc(C)c1)c1ccccc1. The number of nitrogens with one attached hydrogen (secondary N) is 1. The van der Waals surface area contributed by atoms with E-state index in [4.69, 9.17) is 4.74 Å². The minimum absolute atomic E-state index is 0.174. The van der Waals surface area contributed by atoms with Gasteiger partial charge in [-0.25, -0.2) is 0 Å². The van der Waals surface area contributed by atoms with E-state index in [1.165, 1.54) is 0 Å². The molecular weight excluding hydrogens is 376 g/mol. The summed E-state index contributed by atoms with van der Waals surface area (Å²) in [5.41, 5.74) is 2.75. The quantitative estimate of drug-likeness (QED) is 0.600. The van der Waals surface area contributed by atoms with Crippen LogP contribution in [-0.4, -0.2) is 24.5 Å². The first kappa shape index (κ1) is 21.1. The fraction of sp³-hybridized carbons (Fsp3) is 0.200. The van der Waals surface area contributed by atoms with E-state index in [9.17, 15) is 9.59 Å². The molecule has 0 aliphatic carbocycles. The number of benzene rings is 3. The highest BCUT2D eigenvalue weighted by Gasteiger charge is 2.22. The first-order chi connectivity index (χ1) is 14.5. The highest BCUT2D eigenvalue weighted by Crippen LogP contribution is 2.22. The second-order valence-corrected chi connectivity index (χ2v) is 7.00. The molecular formula is C25H26N2O3. The number of ether oxygens (including phenoxy) is 1. The van der Waals surface area contributed by atoms with Gasteiger partial charge in [-0.3, -0.25) is 9.59 Å². The van der Waals surface area contributed by atoms with E-state index in [2.05, 4.69) is 5.32 Å². The van der Waals surface area contributed by atoms with Crippen LogP contribution in [0.15, 0.2) is 78.9 Å². The van der Waals surface area contributed by atoms with Gasteiger partial charge in [-0.05, 0) is 62.7 Å². The molecule has 0 aliphatic heterocycles. The third-order valence-corrected chi connectivity index (χ3v) is 4.72. The third-order valence-electron chi connectivity index (χ3n) is 4.72. The topological polar surface area (TPSA) is 58.6 Å². The number of rotatable bonds is 7. The van der Waals surface area contributed by atoms with Crippen molar-refractivity contribution in [1.82, 2.24) is 0 Å². The summed E-state index contributed by atoms with van der Waals surface area (Å²) in [6.45, 7) is 6.08. The zero-order valence-corrected chi connectivity index (χ0v) is 17.5. The fourth-order valence-corrected chi connectivity index (χ4v) is 3.16. The molecule has 3 aromatic rings. The van der Waals surface area contributed by atoms with Gasteiger partial charge >= 0.3 is 0 Å². The standard InChI is InChI=1S/C25H26N2O3/c1-4-27(20-12-6-5-7-13-20)25(29)22-15-8-9-16-23(22)26-24(28)19(3)30-21-14-10-11-18(2)17-21/h5-17,19H,4H2,1-3H3,(H,26,28). The van der Waals surface area contributed by atoms with Crippen LogP contribution in [0.25, 0.3) is 0 Å². The molecule has 5 nitrogen and oxygen atoms in total. The predicted octanol–water partition coefficient (Wildman–Crippen LogP) is 5.07. The Hall–Kier alpha value is -3.60. The molecule has 2 amide bonds. The summed E-state index contributed by atoms with van der Waals surface area (Å²) in [4.78, 5) is 27.6. The molecule has 3 aromatic carbocycles. The summed E-state index contributed by atoms with van der Waals surface area (Å²) < 4.78 is 5.76. The van der Waals surface area contributed by atoms with Crippen molar-refractivity contribution in [3.63, 3.8) is 0 Å². The molecule has 0 fully saturated rings. The Morgan fingerprint density at radius 1 is 0.967 bits per heavy atom. The largest absolute Gasteiger partial charge is 0.481 e. The minimum atomic E-state index is -0.716. The van der Waals surface area contributed by atoms with Crippen molar-refractivity contribution in [3.8, 4) is 5.75 Å². The number of anilines is 2. The average molecular weight is 402 g/mol. The van der Waals surface area contributed by atoms with E-state index in [1.54, 1.807) is 36.1 Å². The van der Waals surface area contributed by atoms with Gasteiger partial charge in [-0.2, -0.15) is 0 Å². The number of amides is 2. The Morgan fingerprint density at radius 2 is 1.67 bits per heavy atom.